The van der Waals surface area contributed by atoms with Gasteiger partial charge in [0.1, 0.15) is 23.9 Å². The molecule has 0 spiro atoms. The van der Waals surface area contributed by atoms with Crippen molar-refractivity contribution in [2.75, 3.05) is 13.2 Å². The molecule has 35 heavy (non-hydrogen) atoms. The van der Waals surface area contributed by atoms with Crippen LogP contribution in [-0.4, -0.2) is 75.5 Å². The van der Waals surface area contributed by atoms with Gasteiger partial charge in [0.25, 0.3) is 5.91 Å². The van der Waals surface area contributed by atoms with E-state index in [4.69, 9.17) is 14.2 Å². The topological polar surface area (TPSA) is 106 Å². The normalized spacial score (nSPS) is 21.0. The third-order valence-corrected chi connectivity index (χ3v) is 5.39. The Bertz CT molecular complexity index is 952. The highest BCUT2D eigenvalue weighted by molar-refractivity contribution is 5.98. The highest BCUT2D eigenvalue weighted by Crippen LogP contribution is 2.28. The van der Waals surface area contributed by atoms with E-state index in [1.165, 1.54) is 0 Å². The first-order valence-electron chi connectivity index (χ1n) is 11.8. The van der Waals surface area contributed by atoms with Crippen molar-refractivity contribution >= 4 is 24.2 Å². The van der Waals surface area contributed by atoms with E-state index in [2.05, 4.69) is 0 Å². The first kappa shape index (κ1) is 26.3. The fourth-order valence-corrected chi connectivity index (χ4v) is 4.02. The van der Waals surface area contributed by atoms with Gasteiger partial charge in [0, 0.05) is 6.54 Å². The lowest BCUT2D eigenvalue weighted by Crippen LogP contribution is -2.64. The number of amides is 4. The number of nitrogens with zero attached hydrogens (tertiary/aromatic N) is 3. The van der Waals surface area contributed by atoms with E-state index in [0.29, 0.717) is 12.8 Å². The van der Waals surface area contributed by atoms with Crippen LogP contribution in [0.4, 0.5) is 14.4 Å². The second-order valence-corrected chi connectivity index (χ2v) is 10.7. The summed E-state index contributed by atoms with van der Waals surface area (Å²) in [6.45, 7) is 10.4. The Morgan fingerprint density at radius 2 is 1.57 bits per heavy atom. The zero-order valence-electron chi connectivity index (χ0n) is 21.3. The first-order valence-corrected chi connectivity index (χ1v) is 11.8. The summed E-state index contributed by atoms with van der Waals surface area (Å²) in [5.74, 6) is -0.618. The van der Waals surface area contributed by atoms with Crippen molar-refractivity contribution in [1.82, 2.24) is 14.9 Å². The number of hydrogen-bond acceptors (Lipinski definition) is 7. The SMILES string of the molecule is CC(C)(C)OC(=O)N1CCCC(C(=O)N2C(=O)OC[C@@H]2Cc2ccccc2)N1C(=O)OC(C)(C)C. The van der Waals surface area contributed by atoms with Gasteiger partial charge in [0.15, 0.2) is 0 Å². The molecule has 1 aromatic rings. The summed E-state index contributed by atoms with van der Waals surface area (Å²) >= 11 is 0. The molecule has 10 heteroatoms. The Kier molecular flexibility index (Phi) is 7.62. The molecule has 1 aromatic carbocycles. The molecule has 4 amide bonds. The van der Waals surface area contributed by atoms with E-state index in [1.807, 2.05) is 30.3 Å². The third kappa shape index (κ3) is 6.64. The Morgan fingerprint density at radius 3 is 2.17 bits per heavy atom. The summed E-state index contributed by atoms with van der Waals surface area (Å²) in [6.07, 6.45) is -1.32. The molecular formula is C25H35N3O7. The van der Waals surface area contributed by atoms with Crippen molar-refractivity contribution < 1.29 is 33.4 Å². The van der Waals surface area contributed by atoms with Crippen LogP contribution < -0.4 is 0 Å². The predicted molar refractivity (Wildman–Crippen MR) is 126 cm³/mol. The van der Waals surface area contributed by atoms with Crippen LogP contribution in [0.2, 0.25) is 0 Å². The second kappa shape index (κ2) is 10.1. The van der Waals surface area contributed by atoms with E-state index in [-0.39, 0.29) is 19.6 Å². The molecule has 1 unspecified atom stereocenters. The number of cyclic esters (lactones) is 1. The van der Waals surface area contributed by atoms with Gasteiger partial charge in [0.2, 0.25) is 0 Å². The van der Waals surface area contributed by atoms with Gasteiger partial charge in [0.05, 0.1) is 6.04 Å². The van der Waals surface area contributed by atoms with Crippen molar-refractivity contribution in [3.8, 4) is 0 Å². The van der Waals surface area contributed by atoms with Crippen LogP contribution in [0.5, 0.6) is 0 Å². The summed E-state index contributed by atoms with van der Waals surface area (Å²) in [4.78, 5) is 53.7. The monoisotopic (exact) mass is 489 g/mol. The van der Waals surface area contributed by atoms with Crippen LogP contribution in [-0.2, 0) is 25.4 Å². The molecule has 0 aromatic heterocycles. The van der Waals surface area contributed by atoms with Gasteiger partial charge in [-0.15, -0.1) is 0 Å². The van der Waals surface area contributed by atoms with Crippen molar-refractivity contribution in [1.29, 1.82) is 0 Å². The summed E-state index contributed by atoms with van der Waals surface area (Å²) in [7, 11) is 0. The third-order valence-electron chi connectivity index (χ3n) is 5.39. The maximum atomic E-state index is 13.7. The van der Waals surface area contributed by atoms with Crippen molar-refractivity contribution in [3.63, 3.8) is 0 Å². The smallest absolute Gasteiger partial charge is 0.430 e. The van der Waals surface area contributed by atoms with Crippen LogP contribution in [0.25, 0.3) is 0 Å². The molecule has 3 rings (SSSR count). The Hall–Kier alpha value is -3.30. The molecule has 2 aliphatic heterocycles. The molecule has 10 nitrogen and oxygen atoms in total. The van der Waals surface area contributed by atoms with E-state index in [1.54, 1.807) is 41.5 Å². The minimum absolute atomic E-state index is 0.0500. The minimum Gasteiger partial charge on any atom is -0.447 e. The van der Waals surface area contributed by atoms with Gasteiger partial charge in [-0.3, -0.25) is 4.79 Å². The molecule has 192 valence electrons. The average molecular weight is 490 g/mol. The van der Waals surface area contributed by atoms with Gasteiger partial charge in [-0.05, 0) is 66.4 Å². The number of benzene rings is 1. The van der Waals surface area contributed by atoms with Crippen molar-refractivity contribution in [3.05, 3.63) is 35.9 Å². The van der Waals surface area contributed by atoms with Gasteiger partial charge in [-0.1, -0.05) is 30.3 Å². The molecule has 2 heterocycles. The molecule has 0 radical (unpaired) electrons. The molecule has 2 atom stereocenters. The van der Waals surface area contributed by atoms with Gasteiger partial charge in [-0.2, -0.15) is 0 Å². The van der Waals surface area contributed by atoms with Gasteiger partial charge in [-0.25, -0.2) is 29.3 Å². The Morgan fingerprint density at radius 1 is 0.971 bits per heavy atom. The lowest BCUT2D eigenvalue weighted by molar-refractivity contribution is -0.147. The van der Waals surface area contributed by atoms with Gasteiger partial charge >= 0.3 is 18.3 Å². The zero-order valence-corrected chi connectivity index (χ0v) is 21.3. The summed E-state index contributed by atoms with van der Waals surface area (Å²) in [6, 6.07) is 7.79. The van der Waals surface area contributed by atoms with E-state index < -0.39 is 47.5 Å². The molecular weight excluding hydrogens is 454 g/mol. The first-order chi connectivity index (χ1) is 16.3. The standard InChI is InChI=1S/C25H35N3O7/c1-24(2,3)34-21(30)26-14-10-13-19(28(26)23(32)35-25(4,5)6)20(29)27-18(16-33-22(27)31)15-17-11-8-7-9-12-17/h7-9,11-12,18-19H,10,13-16H2,1-6H3/t18-,19?/m0/s1. The molecule has 0 aliphatic carbocycles. The molecule has 0 N–H and O–H groups in total. The molecule has 2 fully saturated rings. The number of ether oxygens (including phenoxy) is 3. The van der Waals surface area contributed by atoms with Crippen molar-refractivity contribution in [2.24, 2.45) is 0 Å². The van der Waals surface area contributed by atoms with E-state index in [9.17, 15) is 19.2 Å². The fourth-order valence-electron chi connectivity index (χ4n) is 4.02. The van der Waals surface area contributed by atoms with Crippen LogP contribution in [0.3, 0.4) is 0 Å². The highest BCUT2D eigenvalue weighted by Gasteiger charge is 2.48. The largest absolute Gasteiger partial charge is 0.447 e. The summed E-state index contributed by atoms with van der Waals surface area (Å²) < 4.78 is 16.2. The van der Waals surface area contributed by atoms with Crippen LogP contribution in [0.15, 0.2) is 30.3 Å². The number of hydrogen-bond donors (Lipinski definition) is 0. The van der Waals surface area contributed by atoms with E-state index in [0.717, 1.165) is 20.5 Å². The number of hydrazine groups is 1. The maximum absolute atomic E-state index is 13.7. The van der Waals surface area contributed by atoms with Crippen LogP contribution in [0.1, 0.15) is 59.9 Å². The Labute approximate surface area is 206 Å². The summed E-state index contributed by atoms with van der Waals surface area (Å²) in [5.41, 5.74) is -0.742. The number of rotatable bonds is 3. The van der Waals surface area contributed by atoms with Gasteiger partial charge < -0.3 is 14.2 Å². The molecule has 2 aliphatic rings. The molecule has 2 saturated heterocycles. The second-order valence-electron chi connectivity index (χ2n) is 10.7. The summed E-state index contributed by atoms with van der Waals surface area (Å²) in [5, 5.41) is 2.09. The van der Waals surface area contributed by atoms with Crippen molar-refractivity contribution in [2.45, 2.75) is 84.1 Å². The molecule has 0 saturated carbocycles. The number of carbonyl (C=O) groups excluding carboxylic acids is 4. The lowest BCUT2D eigenvalue weighted by atomic mass is 10.0. The zero-order chi connectivity index (χ0) is 26.0. The maximum Gasteiger partial charge on any atom is 0.430 e. The highest BCUT2D eigenvalue weighted by atomic mass is 16.6. The van der Waals surface area contributed by atoms with Crippen LogP contribution >= 0.6 is 0 Å². The van der Waals surface area contributed by atoms with E-state index >= 15 is 0 Å². The number of carbonyl (C=O) groups is 4. The lowest BCUT2D eigenvalue weighted by Gasteiger charge is -2.44. The minimum atomic E-state index is -1.13. The number of imide groups is 1. The molecule has 0 bridgehead atoms. The quantitative estimate of drug-likeness (QED) is 0.588. The Balaban J connectivity index is 1.90. The fraction of sp³-hybridized carbons (Fsp3) is 0.600. The predicted octanol–water partition coefficient (Wildman–Crippen LogP) is 4.13. The van der Waals surface area contributed by atoms with Crippen LogP contribution in [0, 0.1) is 0 Å². The average Bonchev–Trinajstić information content (AvgIpc) is 3.10.